The van der Waals surface area contributed by atoms with E-state index < -0.39 is 0 Å². The molecule has 1 aliphatic heterocycles. The van der Waals surface area contributed by atoms with Gasteiger partial charge in [0, 0.05) is 31.5 Å². The van der Waals surface area contributed by atoms with Crippen molar-refractivity contribution < 1.29 is 9.90 Å². The second-order valence-corrected chi connectivity index (χ2v) is 5.37. The molecule has 1 N–H and O–H groups in total. The van der Waals surface area contributed by atoms with E-state index in [1.54, 1.807) is 0 Å². The monoisotopic (exact) mass is 197 g/mol. The van der Waals surface area contributed by atoms with Crippen molar-refractivity contribution in [2.24, 2.45) is 17.3 Å². The van der Waals surface area contributed by atoms with Gasteiger partial charge in [-0.05, 0) is 18.3 Å². The topological polar surface area (TPSA) is 40.5 Å². The van der Waals surface area contributed by atoms with Crippen molar-refractivity contribution >= 4 is 5.91 Å². The summed E-state index contributed by atoms with van der Waals surface area (Å²) in [4.78, 5) is 13.9. The Morgan fingerprint density at radius 2 is 2.21 bits per heavy atom. The summed E-state index contributed by atoms with van der Waals surface area (Å²) in [5, 5.41) is 8.98. The molecule has 1 aliphatic carbocycles. The van der Waals surface area contributed by atoms with Gasteiger partial charge in [-0.2, -0.15) is 0 Å². The minimum atomic E-state index is 0.220. The number of carbonyl (C=O) groups is 1. The maximum Gasteiger partial charge on any atom is 0.226 e. The van der Waals surface area contributed by atoms with Gasteiger partial charge < -0.3 is 10.0 Å². The Labute approximate surface area is 85.1 Å². The fraction of sp³-hybridized carbons (Fsp3) is 0.909. The van der Waals surface area contributed by atoms with E-state index in [-0.39, 0.29) is 17.9 Å². The normalized spacial score (nSPS) is 34.6. The molecule has 2 fully saturated rings. The molecule has 2 atom stereocenters. The van der Waals surface area contributed by atoms with Crippen LogP contribution in [0.15, 0.2) is 0 Å². The molecule has 0 bridgehead atoms. The fourth-order valence-corrected chi connectivity index (χ4v) is 2.29. The van der Waals surface area contributed by atoms with Crippen molar-refractivity contribution in [1.82, 2.24) is 4.90 Å². The molecule has 80 valence electrons. The van der Waals surface area contributed by atoms with Gasteiger partial charge in [0.2, 0.25) is 5.91 Å². The zero-order valence-electron chi connectivity index (χ0n) is 8.99. The molecule has 1 amide bonds. The van der Waals surface area contributed by atoms with E-state index in [2.05, 4.69) is 13.8 Å². The van der Waals surface area contributed by atoms with Crippen LogP contribution >= 0.6 is 0 Å². The van der Waals surface area contributed by atoms with Gasteiger partial charge in [0.05, 0.1) is 0 Å². The molecule has 2 rings (SSSR count). The smallest absolute Gasteiger partial charge is 0.226 e. The highest BCUT2D eigenvalue weighted by molar-refractivity contribution is 5.82. The number of likely N-dealkylation sites (tertiary alicyclic amines) is 1. The number of carbonyl (C=O) groups excluding carboxylic acids is 1. The molecule has 2 unspecified atom stereocenters. The predicted octanol–water partition coefficient (Wildman–Crippen LogP) is 0.873. The lowest BCUT2D eigenvalue weighted by Crippen LogP contribution is -2.31. The van der Waals surface area contributed by atoms with Gasteiger partial charge in [0.15, 0.2) is 0 Å². The number of rotatable bonds is 2. The molecular formula is C11H19NO2. The summed E-state index contributed by atoms with van der Waals surface area (Å²) < 4.78 is 0. The van der Waals surface area contributed by atoms with Gasteiger partial charge in [-0.1, -0.05) is 13.8 Å². The van der Waals surface area contributed by atoms with Crippen molar-refractivity contribution in [2.45, 2.75) is 26.7 Å². The lowest BCUT2D eigenvalue weighted by atomic mass is 10.1. The van der Waals surface area contributed by atoms with Crippen LogP contribution in [0.3, 0.4) is 0 Å². The first-order valence-electron chi connectivity index (χ1n) is 5.44. The third kappa shape index (κ3) is 1.65. The minimum absolute atomic E-state index is 0.220. The molecule has 0 aromatic heterocycles. The Bertz CT molecular complexity index is 250. The van der Waals surface area contributed by atoms with Crippen molar-refractivity contribution in [3.05, 3.63) is 0 Å². The first-order chi connectivity index (χ1) is 6.54. The molecule has 1 saturated heterocycles. The average molecular weight is 197 g/mol. The van der Waals surface area contributed by atoms with E-state index in [1.807, 2.05) is 4.90 Å². The summed E-state index contributed by atoms with van der Waals surface area (Å²) in [5.41, 5.74) is 0.231. The number of aliphatic hydroxyl groups is 1. The number of nitrogens with zero attached hydrogens (tertiary/aromatic N) is 1. The Hall–Kier alpha value is -0.570. The molecule has 1 saturated carbocycles. The van der Waals surface area contributed by atoms with E-state index in [1.165, 1.54) is 0 Å². The molecule has 0 radical (unpaired) electrons. The standard InChI is InChI=1S/C11H19NO2/c1-11(2)5-9(11)10(14)12-4-3-8(6-12)7-13/h8-9,13H,3-7H2,1-2H3. The van der Waals surface area contributed by atoms with E-state index in [4.69, 9.17) is 5.11 Å². The molecule has 3 heteroatoms. The van der Waals surface area contributed by atoms with Gasteiger partial charge in [0.1, 0.15) is 0 Å². The molecule has 14 heavy (non-hydrogen) atoms. The maximum absolute atomic E-state index is 11.9. The van der Waals surface area contributed by atoms with E-state index >= 15 is 0 Å². The van der Waals surface area contributed by atoms with Gasteiger partial charge in [-0.3, -0.25) is 4.79 Å². The predicted molar refractivity (Wildman–Crippen MR) is 53.7 cm³/mol. The molecule has 2 aliphatic rings. The molecule has 0 aromatic rings. The first-order valence-corrected chi connectivity index (χ1v) is 5.44. The summed E-state index contributed by atoms with van der Waals surface area (Å²) in [7, 11) is 0. The Kier molecular flexibility index (Phi) is 2.30. The molecule has 0 spiro atoms. The molecular weight excluding hydrogens is 178 g/mol. The molecule has 1 heterocycles. The lowest BCUT2D eigenvalue weighted by molar-refractivity contribution is -0.132. The van der Waals surface area contributed by atoms with Gasteiger partial charge in [-0.15, -0.1) is 0 Å². The number of hydrogen-bond acceptors (Lipinski definition) is 2. The van der Waals surface area contributed by atoms with Crippen LogP contribution in [-0.4, -0.2) is 35.6 Å². The SMILES string of the molecule is CC1(C)CC1C(=O)N1CCC(CO)C1. The van der Waals surface area contributed by atoms with Crippen LogP contribution in [0, 0.1) is 17.3 Å². The van der Waals surface area contributed by atoms with Crippen LogP contribution in [-0.2, 0) is 4.79 Å². The zero-order chi connectivity index (χ0) is 10.3. The quantitative estimate of drug-likeness (QED) is 0.713. The zero-order valence-corrected chi connectivity index (χ0v) is 8.99. The van der Waals surface area contributed by atoms with Crippen LogP contribution < -0.4 is 0 Å². The summed E-state index contributed by atoms with van der Waals surface area (Å²) in [6, 6.07) is 0. The summed E-state index contributed by atoms with van der Waals surface area (Å²) in [6.45, 7) is 6.13. The van der Waals surface area contributed by atoms with E-state index in [0.29, 0.717) is 11.8 Å². The maximum atomic E-state index is 11.9. The Morgan fingerprint density at radius 1 is 1.57 bits per heavy atom. The van der Waals surface area contributed by atoms with Crippen LogP contribution in [0.25, 0.3) is 0 Å². The lowest BCUT2D eigenvalue weighted by Gasteiger charge is -2.17. The van der Waals surface area contributed by atoms with E-state index in [9.17, 15) is 4.79 Å². The van der Waals surface area contributed by atoms with Gasteiger partial charge in [-0.25, -0.2) is 0 Å². The minimum Gasteiger partial charge on any atom is -0.396 e. The van der Waals surface area contributed by atoms with Crippen molar-refractivity contribution in [1.29, 1.82) is 0 Å². The third-order valence-corrected chi connectivity index (χ3v) is 3.67. The van der Waals surface area contributed by atoms with Gasteiger partial charge in [0.25, 0.3) is 0 Å². The largest absolute Gasteiger partial charge is 0.396 e. The highest BCUT2D eigenvalue weighted by Gasteiger charge is 2.52. The van der Waals surface area contributed by atoms with Crippen LogP contribution in [0.4, 0.5) is 0 Å². The highest BCUT2D eigenvalue weighted by Crippen LogP contribution is 2.52. The number of amides is 1. The second kappa shape index (κ2) is 3.23. The summed E-state index contributed by atoms with van der Waals surface area (Å²) in [5.74, 6) is 0.881. The van der Waals surface area contributed by atoms with Crippen molar-refractivity contribution in [3.8, 4) is 0 Å². The molecule has 3 nitrogen and oxygen atoms in total. The van der Waals surface area contributed by atoms with E-state index in [0.717, 1.165) is 25.9 Å². The van der Waals surface area contributed by atoms with Crippen molar-refractivity contribution in [3.63, 3.8) is 0 Å². The number of hydrogen-bond donors (Lipinski definition) is 1. The van der Waals surface area contributed by atoms with Crippen molar-refractivity contribution in [2.75, 3.05) is 19.7 Å². The highest BCUT2D eigenvalue weighted by atomic mass is 16.3. The average Bonchev–Trinajstić information content (AvgIpc) is 2.64. The second-order valence-electron chi connectivity index (χ2n) is 5.37. The van der Waals surface area contributed by atoms with Gasteiger partial charge >= 0.3 is 0 Å². The van der Waals surface area contributed by atoms with Crippen LogP contribution in [0.1, 0.15) is 26.7 Å². The van der Waals surface area contributed by atoms with Crippen LogP contribution in [0.5, 0.6) is 0 Å². The molecule has 0 aromatic carbocycles. The fourth-order valence-electron chi connectivity index (χ4n) is 2.29. The Morgan fingerprint density at radius 3 is 2.64 bits per heavy atom. The van der Waals surface area contributed by atoms with Crippen LogP contribution in [0.2, 0.25) is 0 Å². The third-order valence-electron chi connectivity index (χ3n) is 3.67. The summed E-state index contributed by atoms with van der Waals surface area (Å²) in [6.07, 6.45) is 2.00. The first kappa shape index (κ1) is 9.97. The summed E-state index contributed by atoms with van der Waals surface area (Å²) >= 11 is 0. The Balaban J connectivity index is 1.89. The number of aliphatic hydroxyl groups excluding tert-OH is 1.